The molecule has 4 rings (SSSR count). The lowest BCUT2D eigenvalue weighted by molar-refractivity contribution is -0.167. The molecule has 0 spiro atoms. The number of anilines is 1. The van der Waals surface area contributed by atoms with Gasteiger partial charge in [0.25, 0.3) is 0 Å². The number of esters is 1. The lowest BCUT2D eigenvalue weighted by atomic mass is 10.00. The predicted octanol–water partition coefficient (Wildman–Crippen LogP) is 5.20. The molecule has 184 valence electrons. The molecule has 0 aliphatic carbocycles. The first-order valence-electron chi connectivity index (χ1n) is 9.98. The van der Waals surface area contributed by atoms with Gasteiger partial charge in [-0.05, 0) is 30.7 Å². The van der Waals surface area contributed by atoms with Crippen LogP contribution in [0.5, 0.6) is 0 Å². The van der Waals surface area contributed by atoms with Gasteiger partial charge < -0.3 is 14.6 Å². The number of aromatic nitrogens is 1. The summed E-state index contributed by atoms with van der Waals surface area (Å²) in [7, 11) is 0. The largest absolute Gasteiger partial charge is 0.471 e. The van der Waals surface area contributed by atoms with Gasteiger partial charge in [0.1, 0.15) is 23.4 Å². The minimum atomic E-state index is -5.13. The third-order valence-corrected chi connectivity index (χ3v) is 6.41. The average Bonchev–Trinajstić information content (AvgIpc) is 2.77. The molecule has 0 saturated carbocycles. The van der Waals surface area contributed by atoms with Gasteiger partial charge in [-0.3, -0.25) is 9.59 Å². The van der Waals surface area contributed by atoms with E-state index in [1.165, 1.54) is 6.92 Å². The van der Waals surface area contributed by atoms with Crippen LogP contribution in [-0.2, 0) is 9.53 Å². The zero-order chi connectivity index (χ0) is 25.7. The number of alkyl halides is 4. The monoisotopic (exact) mass is 516 g/mol. The van der Waals surface area contributed by atoms with Gasteiger partial charge in [-0.1, -0.05) is 23.9 Å². The van der Waals surface area contributed by atoms with Crippen LogP contribution in [0.3, 0.4) is 0 Å². The maximum Gasteiger partial charge on any atom is 0.471 e. The van der Waals surface area contributed by atoms with Gasteiger partial charge in [-0.25, -0.2) is 18.0 Å². The molecule has 0 saturated heterocycles. The van der Waals surface area contributed by atoms with Gasteiger partial charge in [0.05, 0.1) is 28.1 Å². The Bertz CT molecular complexity index is 1420. The number of hydrogen-bond acceptors (Lipinski definition) is 5. The Balaban J connectivity index is 1.87. The fourth-order valence-electron chi connectivity index (χ4n) is 3.66. The molecule has 2 heterocycles. The number of amides is 1. The van der Waals surface area contributed by atoms with E-state index in [1.807, 2.05) is 0 Å². The molecular formula is C22H14F6N2O4S. The smallest absolute Gasteiger partial charge is 0.462 e. The first kappa shape index (κ1) is 24.6. The number of nitrogens with zero attached hydrogens (tertiary/aromatic N) is 1. The number of nitrogens with one attached hydrogen (secondary N) is 1. The highest BCUT2D eigenvalue weighted by molar-refractivity contribution is 8.00. The molecule has 1 aliphatic rings. The maximum atomic E-state index is 15.7. The van der Waals surface area contributed by atoms with E-state index in [2.05, 4.69) is 0 Å². The van der Waals surface area contributed by atoms with Crippen molar-refractivity contribution in [3.05, 3.63) is 57.8 Å². The summed E-state index contributed by atoms with van der Waals surface area (Å²) in [5.74, 6) is -5.65. The van der Waals surface area contributed by atoms with Crippen molar-refractivity contribution in [2.24, 2.45) is 0 Å². The van der Waals surface area contributed by atoms with Gasteiger partial charge in [-0.2, -0.15) is 13.2 Å². The number of benzene rings is 2. The fraction of sp³-hybridized carbons (Fsp3) is 0.227. The summed E-state index contributed by atoms with van der Waals surface area (Å²) in [4.78, 5) is 36.3. The number of carbonyl (C=O) groups is 2. The second kappa shape index (κ2) is 8.95. The third-order valence-electron chi connectivity index (χ3n) is 5.17. The van der Waals surface area contributed by atoms with E-state index in [4.69, 9.17) is 4.74 Å². The first-order chi connectivity index (χ1) is 16.5. The molecule has 1 aromatic heterocycles. The highest BCUT2D eigenvalue weighted by Gasteiger charge is 2.39. The Labute approximate surface area is 196 Å². The van der Waals surface area contributed by atoms with Gasteiger partial charge in [0.2, 0.25) is 5.43 Å². The molecule has 2 aromatic carbocycles. The Kier molecular flexibility index (Phi) is 6.30. The Morgan fingerprint density at radius 1 is 1.17 bits per heavy atom. The molecule has 0 radical (unpaired) electrons. The van der Waals surface area contributed by atoms with Crippen LogP contribution in [0.1, 0.15) is 22.7 Å². The van der Waals surface area contributed by atoms with Crippen LogP contribution in [0.25, 0.3) is 22.0 Å². The van der Waals surface area contributed by atoms with E-state index in [-0.39, 0.29) is 22.9 Å². The van der Waals surface area contributed by atoms with Crippen LogP contribution in [0.4, 0.5) is 32.0 Å². The number of thioether (sulfide) groups is 1. The highest BCUT2D eigenvalue weighted by atomic mass is 32.2. The molecule has 1 aliphatic heterocycles. The van der Waals surface area contributed by atoms with Crippen molar-refractivity contribution in [2.75, 3.05) is 18.6 Å². The third kappa shape index (κ3) is 4.13. The molecule has 1 unspecified atom stereocenters. The summed E-state index contributed by atoms with van der Waals surface area (Å²) >= 11 is 0.828. The molecular weight excluding hydrogens is 502 g/mol. The van der Waals surface area contributed by atoms with Crippen LogP contribution in [0, 0.1) is 11.6 Å². The van der Waals surface area contributed by atoms with Gasteiger partial charge in [-0.15, -0.1) is 0 Å². The molecule has 1 amide bonds. The van der Waals surface area contributed by atoms with Crippen LogP contribution in [0.15, 0.2) is 40.2 Å². The zero-order valence-electron chi connectivity index (χ0n) is 17.6. The molecule has 6 nitrogen and oxygen atoms in total. The number of ether oxygens (including phenoxy) is 1. The van der Waals surface area contributed by atoms with Gasteiger partial charge >= 0.3 is 18.1 Å². The van der Waals surface area contributed by atoms with Crippen LogP contribution in [0.2, 0.25) is 0 Å². The molecule has 13 heteroatoms. The minimum absolute atomic E-state index is 0.0229. The van der Waals surface area contributed by atoms with Crippen molar-refractivity contribution >= 4 is 40.2 Å². The van der Waals surface area contributed by atoms with Crippen molar-refractivity contribution in [1.29, 1.82) is 0 Å². The zero-order valence-corrected chi connectivity index (χ0v) is 18.5. The van der Waals surface area contributed by atoms with E-state index < -0.39 is 69.2 Å². The predicted molar refractivity (Wildman–Crippen MR) is 115 cm³/mol. The summed E-state index contributed by atoms with van der Waals surface area (Å²) in [5, 5.41) is 0.110. The van der Waals surface area contributed by atoms with Crippen molar-refractivity contribution in [3.8, 4) is 11.1 Å². The van der Waals surface area contributed by atoms with Gasteiger partial charge in [0.15, 0.2) is 5.82 Å². The molecule has 1 atom stereocenters. The number of carbonyl (C=O) groups excluding carboxylic acids is 2. The normalized spacial score (nSPS) is 14.9. The summed E-state index contributed by atoms with van der Waals surface area (Å²) in [6.45, 7) is 0.470. The van der Waals surface area contributed by atoms with Crippen molar-refractivity contribution in [1.82, 2.24) is 4.57 Å². The minimum Gasteiger partial charge on any atom is -0.462 e. The Hall–Kier alpha value is -3.48. The second-order valence-electron chi connectivity index (χ2n) is 7.30. The lowest BCUT2D eigenvalue weighted by Crippen LogP contribution is -2.31. The second-order valence-corrected chi connectivity index (χ2v) is 8.47. The molecule has 1 N–H and O–H groups in total. The molecule has 3 aromatic rings. The van der Waals surface area contributed by atoms with Crippen molar-refractivity contribution < 1.29 is 40.7 Å². The number of pyridine rings is 1. The van der Waals surface area contributed by atoms with Gasteiger partial charge in [0, 0.05) is 5.69 Å². The Morgan fingerprint density at radius 3 is 2.40 bits per heavy atom. The summed E-state index contributed by atoms with van der Waals surface area (Å²) in [5.41, 5.74) is -2.88. The SMILES string of the molecule is CCOC(=O)c1c2n(c3c(F)c(-c4ccc(NC(=O)C(F)(F)F)cc4)c(F)cc3c1=O)C(CF)S2. The number of hydrogen-bond donors (Lipinski definition) is 1. The lowest BCUT2D eigenvalue weighted by Gasteiger charge is -2.34. The number of rotatable bonds is 5. The summed E-state index contributed by atoms with van der Waals surface area (Å²) in [6, 6.07) is 4.88. The van der Waals surface area contributed by atoms with E-state index in [0.29, 0.717) is 6.07 Å². The summed E-state index contributed by atoms with van der Waals surface area (Å²) < 4.78 is 87.5. The van der Waals surface area contributed by atoms with E-state index >= 15 is 8.78 Å². The first-order valence-corrected chi connectivity index (χ1v) is 10.9. The van der Waals surface area contributed by atoms with Crippen LogP contribution in [-0.4, -0.2) is 35.9 Å². The Morgan fingerprint density at radius 2 is 1.83 bits per heavy atom. The van der Waals surface area contributed by atoms with Crippen molar-refractivity contribution in [3.63, 3.8) is 0 Å². The van der Waals surface area contributed by atoms with Crippen LogP contribution >= 0.6 is 11.8 Å². The standard InChI is InChI=1S/C22H14F6N2O4S/c1-2-34-20(32)15-18(31)11-7-12(24)14(16(25)17(11)30-13(8-23)35-19(15)30)9-3-5-10(6-4-9)29-21(33)22(26,27)28/h3-7,13H,2,8H2,1H3,(H,29,33). The molecule has 0 fully saturated rings. The number of fused-ring (bicyclic) bond motifs is 3. The van der Waals surface area contributed by atoms with E-state index in [1.54, 1.807) is 5.32 Å². The van der Waals surface area contributed by atoms with Crippen LogP contribution < -0.4 is 10.7 Å². The topological polar surface area (TPSA) is 77.4 Å². The quantitative estimate of drug-likeness (QED) is 0.373. The number of halogens is 6. The van der Waals surface area contributed by atoms with E-state index in [0.717, 1.165) is 40.6 Å². The summed E-state index contributed by atoms with van der Waals surface area (Å²) in [6.07, 6.45) is -5.13. The molecule has 0 bridgehead atoms. The molecule has 35 heavy (non-hydrogen) atoms. The maximum absolute atomic E-state index is 15.7. The fourth-order valence-corrected chi connectivity index (χ4v) is 4.77. The van der Waals surface area contributed by atoms with Crippen molar-refractivity contribution in [2.45, 2.75) is 23.5 Å². The highest BCUT2D eigenvalue weighted by Crippen LogP contribution is 2.48. The average molecular weight is 516 g/mol. The van der Waals surface area contributed by atoms with E-state index in [9.17, 15) is 31.9 Å².